The molecule has 0 aliphatic heterocycles. The molecule has 0 unspecified atom stereocenters. The molecule has 1 aliphatic carbocycles. The molecule has 0 saturated heterocycles. The Labute approximate surface area is 132 Å². The summed E-state index contributed by atoms with van der Waals surface area (Å²) < 4.78 is 2.18. The highest BCUT2D eigenvalue weighted by molar-refractivity contribution is 7.09. The van der Waals surface area contributed by atoms with E-state index in [-0.39, 0.29) is 11.3 Å². The lowest BCUT2D eigenvalue weighted by atomic mass is 9.93. The van der Waals surface area contributed by atoms with Crippen molar-refractivity contribution in [2.45, 2.75) is 78.7 Å². The van der Waals surface area contributed by atoms with E-state index in [1.807, 2.05) is 0 Å². The first-order valence-electron chi connectivity index (χ1n) is 8.11. The van der Waals surface area contributed by atoms with Crippen LogP contribution < -0.4 is 4.80 Å². The quantitative estimate of drug-likeness (QED) is 0.824. The minimum absolute atomic E-state index is 0.0609. The summed E-state index contributed by atoms with van der Waals surface area (Å²) in [7, 11) is 0. The summed E-state index contributed by atoms with van der Waals surface area (Å²) in [5, 5.41) is 0. The van der Waals surface area contributed by atoms with Crippen LogP contribution in [0.4, 0.5) is 0 Å². The Kier molecular flexibility index (Phi) is 5.07. The van der Waals surface area contributed by atoms with Crippen molar-refractivity contribution in [3.05, 3.63) is 15.4 Å². The van der Waals surface area contributed by atoms with Crippen LogP contribution in [0.15, 0.2) is 4.99 Å². The van der Waals surface area contributed by atoms with E-state index in [1.54, 1.807) is 11.3 Å². The zero-order valence-electron chi connectivity index (χ0n) is 14.0. The highest BCUT2D eigenvalue weighted by Gasteiger charge is 2.22. The van der Waals surface area contributed by atoms with Gasteiger partial charge in [0.1, 0.15) is 0 Å². The van der Waals surface area contributed by atoms with Crippen LogP contribution in [0.5, 0.6) is 0 Å². The van der Waals surface area contributed by atoms with Crippen molar-refractivity contribution in [3.63, 3.8) is 0 Å². The van der Waals surface area contributed by atoms with Crippen molar-refractivity contribution in [1.82, 2.24) is 4.57 Å². The van der Waals surface area contributed by atoms with Gasteiger partial charge in [0, 0.05) is 23.5 Å². The van der Waals surface area contributed by atoms with Crippen molar-refractivity contribution >= 4 is 17.2 Å². The lowest BCUT2D eigenvalue weighted by Crippen LogP contribution is -2.18. The second-order valence-corrected chi connectivity index (χ2v) is 8.13. The number of amides is 1. The van der Waals surface area contributed by atoms with Gasteiger partial charge >= 0.3 is 0 Å². The van der Waals surface area contributed by atoms with Gasteiger partial charge in [-0.05, 0) is 38.0 Å². The molecule has 1 saturated carbocycles. The van der Waals surface area contributed by atoms with Gasteiger partial charge in [-0.25, -0.2) is 0 Å². The maximum atomic E-state index is 12.2. The van der Waals surface area contributed by atoms with E-state index in [0.717, 1.165) is 11.3 Å². The summed E-state index contributed by atoms with van der Waals surface area (Å²) in [6.45, 7) is 11.8. The lowest BCUT2D eigenvalue weighted by Gasteiger charge is -2.17. The van der Waals surface area contributed by atoms with Crippen molar-refractivity contribution in [2.75, 3.05) is 0 Å². The highest BCUT2D eigenvalue weighted by atomic mass is 32.1. The van der Waals surface area contributed by atoms with Gasteiger partial charge in [0.05, 0.1) is 0 Å². The number of hydrogen-bond acceptors (Lipinski definition) is 2. The molecule has 4 heteroatoms. The number of carbonyl (C=O) groups excluding carboxylic acids is 1. The number of nitrogens with zero attached hydrogens (tertiary/aromatic N) is 2. The SMILES string of the molecule is CCn1c(C)c(C(C)(C)C)s/c1=N\C(=O)CC1CCCC1. The molecule has 0 bridgehead atoms. The molecule has 0 N–H and O–H groups in total. The second kappa shape index (κ2) is 6.47. The molecule has 0 spiro atoms. The average molecular weight is 308 g/mol. The van der Waals surface area contributed by atoms with Gasteiger partial charge < -0.3 is 4.57 Å². The van der Waals surface area contributed by atoms with Gasteiger partial charge in [0.2, 0.25) is 5.91 Å². The number of aromatic nitrogens is 1. The first kappa shape index (κ1) is 16.5. The largest absolute Gasteiger partial charge is 0.321 e. The van der Waals surface area contributed by atoms with Crippen LogP contribution >= 0.6 is 11.3 Å². The third-order valence-electron chi connectivity index (χ3n) is 4.31. The summed E-state index contributed by atoms with van der Waals surface area (Å²) in [6.07, 6.45) is 5.58. The Hall–Kier alpha value is -0.900. The normalized spacial score (nSPS) is 17.7. The first-order valence-corrected chi connectivity index (χ1v) is 8.92. The van der Waals surface area contributed by atoms with E-state index < -0.39 is 0 Å². The van der Waals surface area contributed by atoms with Gasteiger partial charge in [-0.2, -0.15) is 4.99 Å². The number of thiazole rings is 1. The van der Waals surface area contributed by atoms with Crippen LogP contribution in [0.1, 0.15) is 70.4 Å². The third kappa shape index (κ3) is 3.85. The Morgan fingerprint density at radius 1 is 1.33 bits per heavy atom. The highest BCUT2D eigenvalue weighted by Crippen LogP contribution is 2.29. The molecule has 0 radical (unpaired) electrons. The summed E-state index contributed by atoms with van der Waals surface area (Å²) in [4.78, 5) is 18.9. The molecule has 1 heterocycles. The van der Waals surface area contributed by atoms with Crippen molar-refractivity contribution in [2.24, 2.45) is 10.9 Å². The predicted molar refractivity (Wildman–Crippen MR) is 88.6 cm³/mol. The molecule has 0 aromatic carbocycles. The molecular weight excluding hydrogens is 280 g/mol. The summed E-state index contributed by atoms with van der Waals surface area (Å²) in [5.41, 5.74) is 1.36. The molecule has 0 atom stereocenters. The van der Waals surface area contributed by atoms with Gasteiger partial charge in [-0.3, -0.25) is 4.79 Å². The Morgan fingerprint density at radius 2 is 1.95 bits per heavy atom. The van der Waals surface area contributed by atoms with E-state index in [4.69, 9.17) is 0 Å². The van der Waals surface area contributed by atoms with Crippen LogP contribution in [0.3, 0.4) is 0 Å². The zero-order chi connectivity index (χ0) is 15.6. The van der Waals surface area contributed by atoms with E-state index in [9.17, 15) is 4.79 Å². The van der Waals surface area contributed by atoms with Crippen molar-refractivity contribution in [3.8, 4) is 0 Å². The van der Waals surface area contributed by atoms with Crippen LogP contribution in [-0.4, -0.2) is 10.5 Å². The van der Waals surface area contributed by atoms with Gasteiger partial charge in [0.15, 0.2) is 4.80 Å². The van der Waals surface area contributed by atoms with Crippen molar-refractivity contribution < 1.29 is 4.79 Å². The molecule has 1 aliphatic rings. The fraction of sp³-hybridized carbons (Fsp3) is 0.765. The van der Waals surface area contributed by atoms with Crippen LogP contribution in [0.2, 0.25) is 0 Å². The number of carbonyl (C=O) groups is 1. The summed E-state index contributed by atoms with van der Waals surface area (Å²) >= 11 is 1.68. The average Bonchev–Trinajstić information content (AvgIpc) is 2.96. The Morgan fingerprint density at radius 3 is 2.48 bits per heavy atom. The van der Waals surface area contributed by atoms with E-state index >= 15 is 0 Å². The van der Waals surface area contributed by atoms with E-state index in [0.29, 0.717) is 12.3 Å². The third-order valence-corrected chi connectivity index (χ3v) is 5.92. The van der Waals surface area contributed by atoms with Crippen molar-refractivity contribution in [1.29, 1.82) is 0 Å². The summed E-state index contributed by atoms with van der Waals surface area (Å²) in [5.74, 6) is 0.630. The monoisotopic (exact) mass is 308 g/mol. The molecule has 1 aromatic heterocycles. The number of hydrogen-bond donors (Lipinski definition) is 0. The zero-order valence-corrected chi connectivity index (χ0v) is 14.8. The van der Waals surface area contributed by atoms with E-state index in [2.05, 4.69) is 44.2 Å². The van der Waals surface area contributed by atoms with Gasteiger partial charge in [0.25, 0.3) is 0 Å². The molecule has 118 valence electrons. The Bertz CT molecular complexity index is 569. The van der Waals surface area contributed by atoms with Crippen LogP contribution in [0.25, 0.3) is 0 Å². The summed E-state index contributed by atoms with van der Waals surface area (Å²) in [6, 6.07) is 0. The van der Waals surface area contributed by atoms with Gasteiger partial charge in [-0.15, -0.1) is 11.3 Å². The van der Waals surface area contributed by atoms with Gasteiger partial charge in [-0.1, -0.05) is 33.6 Å². The molecular formula is C17H28N2OS. The molecule has 2 rings (SSSR count). The fourth-order valence-corrected chi connectivity index (χ4v) is 4.52. The van der Waals surface area contributed by atoms with Crippen LogP contribution in [-0.2, 0) is 16.8 Å². The maximum Gasteiger partial charge on any atom is 0.248 e. The smallest absolute Gasteiger partial charge is 0.248 e. The molecule has 1 aromatic rings. The first-order chi connectivity index (χ1) is 9.82. The molecule has 3 nitrogen and oxygen atoms in total. The minimum atomic E-state index is 0.0609. The van der Waals surface area contributed by atoms with E-state index in [1.165, 1.54) is 36.3 Å². The lowest BCUT2D eigenvalue weighted by molar-refractivity contribution is -0.118. The second-order valence-electron chi connectivity index (χ2n) is 7.15. The molecule has 1 fully saturated rings. The molecule has 21 heavy (non-hydrogen) atoms. The predicted octanol–water partition coefficient (Wildman–Crippen LogP) is 4.18. The van der Waals surface area contributed by atoms with Crippen LogP contribution in [0, 0.1) is 12.8 Å². The number of rotatable bonds is 3. The standard InChI is InChI=1S/C17H28N2OS/c1-6-19-12(2)15(17(3,4)5)21-16(19)18-14(20)11-13-9-7-8-10-13/h13H,6-11H2,1-5H3/b18-16-. The topological polar surface area (TPSA) is 34.4 Å². The molecule has 1 amide bonds. The maximum absolute atomic E-state index is 12.2. The Balaban J connectivity index is 2.29. The minimum Gasteiger partial charge on any atom is -0.321 e. The fourth-order valence-electron chi connectivity index (χ4n) is 3.25.